The fraction of sp³-hybridized carbons (Fsp3) is 0.500. The molecule has 2 rings (SSSR count). The first-order valence-electron chi connectivity index (χ1n) is 6.66. The molecular weight excluding hydrogens is 278 g/mol. The van der Waals surface area contributed by atoms with E-state index in [-0.39, 0.29) is 10.8 Å². The highest BCUT2D eigenvalue weighted by Gasteiger charge is 2.28. The zero-order valence-corrected chi connectivity index (χ0v) is 12.4. The molecule has 1 aromatic carbocycles. The molecule has 110 valence electrons. The van der Waals surface area contributed by atoms with E-state index in [1.807, 2.05) is 0 Å². The first-order chi connectivity index (χ1) is 9.31. The summed E-state index contributed by atoms with van der Waals surface area (Å²) in [6.07, 6.45) is 2.30. The summed E-state index contributed by atoms with van der Waals surface area (Å²) in [5, 5.41) is 9.05. The Hall–Kier alpha value is -1.40. The van der Waals surface area contributed by atoms with Gasteiger partial charge in [0, 0.05) is 0 Å². The highest BCUT2D eigenvalue weighted by atomic mass is 32.2. The molecule has 1 aliphatic rings. The number of sulfonamides is 1. The van der Waals surface area contributed by atoms with Gasteiger partial charge in [-0.2, -0.15) is 4.72 Å². The summed E-state index contributed by atoms with van der Waals surface area (Å²) >= 11 is 0. The van der Waals surface area contributed by atoms with Crippen LogP contribution in [0.3, 0.4) is 0 Å². The summed E-state index contributed by atoms with van der Waals surface area (Å²) < 4.78 is 26.6. The van der Waals surface area contributed by atoms with E-state index in [9.17, 15) is 13.2 Å². The van der Waals surface area contributed by atoms with Crippen molar-refractivity contribution >= 4 is 16.0 Å². The van der Waals surface area contributed by atoms with Crippen LogP contribution in [0.25, 0.3) is 0 Å². The molecule has 0 radical (unpaired) electrons. The zero-order chi connectivity index (χ0) is 14.9. The van der Waals surface area contributed by atoms with Gasteiger partial charge in [-0.15, -0.1) is 0 Å². The molecule has 6 heteroatoms. The Kier molecular flexibility index (Phi) is 4.15. The summed E-state index contributed by atoms with van der Waals surface area (Å²) in [5.74, 6) is -0.937. The fourth-order valence-corrected chi connectivity index (χ4v) is 3.38. The maximum Gasteiger partial charge on any atom is 0.322 e. The van der Waals surface area contributed by atoms with E-state index in [0.29, 0.717) is 5.92 Å². The van der Waals surface area contributed by atoms with Crippen molar-refractivity contribution in [2.75, 3.05) is 0 Å². The van der Waals surface area contributed by atoms with Gasteiger partial charge in [-0.25, -0.2) is 8.42 Å². The van der Waals surface area contributed by atoms with E-state index in [1.165, 1.54) is 12.1 Å². The Morgan fingerprint density at radius 1 is 1.25 bits per heavy atom. The number of hydrogen-bond donors (Lipinski definition) is 2. The Bertz CT molecular complexity index is 588. The van der Waals surface area contributed by atoms with Gasteiger partial charge in [0.25, 0.3) is 0 Å². The molecule has 5 nitrogen and oxygen atoms in total. The summed E-state index contributed by atoms with van der Waals surface area (Å²) in [5.41, 5.74) is 1.14. The van der Waals surface area contributed by atoms with Crippen molar-refractivity contribution < 1.29 is 18.3 Å². The standard InChI is InChI=1S/C14H19NO4S/c1-9(2)13(14(16)17)15-20(18,19)12-7-5-11(6-8-12)10-3-4-10/h5-10,13,15H,3-4H2,1-2H3,(H,16,17). The lowest BCUT2D eigenvalue weighted by molar-refractivity contribution is -0.140. The van der Waals surface area contributed by atoms with Crippen LogP contribution in [0.5, 0.6) is 0 Å². The van der Waals surface area contributed by atoms with Gasteiger partial charge in [0.1, 0.15) is 6.04 Å². The summed E-state index contributed by atoms with van der Waals surface area (Å²) in [7, 11) is -3.80. The molecular formula is C14H19NO4S. The molecule has 1 fully saturated rings. The normalized spacial score (nSPS) is 17.1. The highest BCUT2D eigenvalue weighted by Crippen LogP contribution is 2.40. The zero-order valence-electron chi connectivity index (χ0n) is 11.5. The van der Waals surface area contributed by atoms with Gasteiger partial charge in [-0.05, 0) is 42.4 Å². The second kappa shape index (κ2) is 5.54. The van der Waals surface area contributed by atoms with Crippen LogP contribution >= 0.6 is 0 Å². The van der Waals surface area contributed by atoms with Crippen molar-refractivity contribution in [3.63, 3.8) is 0 Å². The third-order valence-corrected chi connectivity index (χ3v) is 4.91. The predicted molar refractivity (Wildman–Crippen MR) is 75.0 cm³/mol. The molecule has 1 aliphatic carbocycles. The van der Waals surface area contributed by atoms with Crippen LogP contribution in [0.1, 0.15) is 38.2 Å². The van der Waals surface area contributed by atoms with E-state index in [2.05, 4.69) is 4.72 Å². The topological polar surface area (TPSA) is 83.5 Å². The van der Waals surface area contributed by atoms with E-state index in [0.717, 1.165) is 18.4 Å². The van der Waals surface area contributed by atoms with Gasteiger partial charge in [0.15, 0.2) is 0 Å². The predicted octanol–water partition coefficient (Wildman–Crippen LogP) is 1.95. The number of nitrogens with one attached hydrogen (secondary N) is 1. The summed E-state index contributed by atoms with van der Waals surface area (Å²) in [6, 6.07) is 5.56. The van der Waals surface area contributed by atoms with Crippen LogP contribution in [0.2, 0.25) is 0 Å². The molecule has 1 atom stereocenters. The third kappa shape index (κ3) is 3.37. The van der Waals surface area contributed by atoms with Crippen LogP contribution in [-0.2, 0) is 14.8 Å². The number of rotatable bonds is 6. The Balaban J connectivity index is 2.18. The number of benzene rings is 1. The van der Waals surface area contributed by atoms with Gasteiger partial charge in [-0.1, -0.05) is 26.0 Å². The minimum atomic E-state index is -3.80. The van der Waals surface area contributed by atoms with Crippen LogP contribution in [0.15, 0.2) is 29.2 Å². The number of carboxylic acids is 1. The molecule has 20 heavy (non-hydrogen) atoms. The molecule has 0 amide bonds. The maximum absolute atomic E-state index is 12.2. The average molecular weight is 297 g/mol. The van der Waals surface area contributed by atoms with Crippen molar-refractivity contribution in [2.45, 2.75) is 43.5 Å². The van der Waals surface area contributed by atoms with Crippen molar-refractivity contribution in [1.82, 2.24) is 4.72 Å². The first-order valence-corrected chi connectivity index (χ1v) is 8.14. The molecule has 0 bridgehead atoms. The number of carboxylic acid groups (broad SMARTS) is 1. The molecule has 0 saturated heterocycles. The van der Waals surface area contributed by atoms with Crippen molar-refractivity contribution in [2.24, 2.45) is 5.92 Å². The Morgan fingerprint density at radius 2 is 1.80 bits per heavy atom. The second-order valence-corrected chi connectivity index (χ2v) is 7.24. The van der Waals surface area contributed by atoms with Gasteiger partial charge >= 0.3 is 5.97 Å². The van der Waals surface area contributed by atoms with Crippen LogP contribution in [-0.4, -0.2) is 25.5 Å². The number of carbonyl (C=O) groups is 1. The minimum Gasteiger partial charge on any atom is -0.480 e. The lowest BCUT2D eigenvalue weighted by Crippen LogP contribution is -2.44. The van der Waals surface area contributed by atoms with Crippen LogP contribution < -0.4 is 4.72 Å². The van der Waals surface area contributed by atoms with Crippen LogP contribution in [0, 0.1) is 5.92 Å². The third-order valence-electron chi connectivity index (χ3n) is 3.45. The summed E-state index contributed by atoms with van der Waals surface area (Å²) in [4.78, 5) is 11.2. The quantitative estimate of drug-likeness (QED) is 0.840. The van der Waals surface area contributed by atoms with E-state index in [4.69, 9.17) is 5.11 Å². The lowest BCUT2D eigenvalue weighted by atomic mass is 10.1. The Morgan fingerprint density at radius 3 is 2.20 bits per heavy atom. The van der Waals surface area contributed by atoms with Gasteiger partial charge < -0.3 is 5.11 Å². The monoisotopic (exact) mass is 297 g/mol. The number of hydrogen-bond acceptors (Lipinski definition) is 3. The molecule has 2 N–H and O–H groups in total. The second-order valence-electron chi connectivity index (χ2n) is 5.52. The van der Waals surface area contributed by atoms with Gasteiger partial charge in [-0.3, -0.25) is 4.79 Å². The maximum atomic E-state index is 12.2. The molecule has 0 heterocycles. The SMILES string of the molecule is CC(C)C(NS(=O)(=O)c1ccc(C2CC2)cc1)C(=O)O. The molecule has 0 aromatic heterocycles. The van der Waals surface area contributed by atoms with E-state index >= 15 is 0 Å². The van der Waals surface area contributed by atoms with Gasteiger partial charge in [0.2, 0.25) is 10.0 Å². The molecule has 1 aromatic rings. The first kappa shape index (κ1) is 15.0. The molecule has 0 spiro atoms. The largest absolute Gasteiger partial charge is 0.480 e. The van der Waals surface area contributed by atoms with Gasteiger partial charge in [0.05, 0.1) is 4.90 Å². The van der Waals surface area contributed by atoms with Crippen molar-refractivity contribution in [3.8, 4) is 0 Å². The van der Waals surface area contributed by atoms with Crippen LogP contribution in [0.4, 0.5) is 0 Å². The Labute approximate surface area is 119 Å². The molecule has 1 saturated carbocycles. The fourth-order valence-electron chi connectivity index (χ4n) is 2.04. The number of aliphatic carboxylic acids is 1. The van der Waals surface area contributed by atoms with Crippen molar-refractivity contribution in [1.29, 1.82) is 0 Å². The van der Waals surface area contributed by atoms with E-state index in [1.54, 1.807) is 26.0 Å². The summed E-state index contributed by atoms with van der Waals surface area (Å²) in [6.45, 7) is 3.33. The molecule has 0 aliphatic heterocycles. The minimum absolute atomic E-state index is 0.105. The van der Waals surface area contributed by atoms with E-state index < -0.39 is 22.0 Å². The average Bonchev–Trinajstić information content (AvgIpc) is 3.20. The highest BCUT2D eigenvalue weighted by molar-refractivity contribution is 7.89. The molecule has 1 unspecified atom stereocenters. The lowest BCUT2D eigenvalue weighted by Gasteiger charge is -2.18. The smallest absolute Gasteiger partial charge is 0.322 e. The van der Waals surface area contributed by atoms with Crippen molar-refractivity contribution in [3.05, 3.63) is 29.8 Å².